The van der Waals surface area contributed by atoms with Crippen LogP contribution in [0.15, 0.2) is 17.6 Å². The van der Waals surface area contributed by atoms with Crippen molar-refractivity contribution in [1.82, 2.24) is 14.5 Å². The molecule has 1 saturated heterocycles. The molecule has 1 aliphatic rings. The fourth-order valence-corrected chi connectivity index (χ4v) is 3.90. The molecular weight excluding hydrogens is 278 g/mol. The molecule has 0 aliphatic carbocycles. The number of nitrogens with zero attached hydrogens (tertiary/aromatic N) is 3. The van der Waals surface area contributed by atoms with Gasteiger partial charge < -0.3 is 9.47 Å². The summed E-state index contributed by atoms with van der Waals surface area (Å²) in [5.41, 5.74) is -0.0826. The quantitative estimate of drug-likeness (QED) is 0.829. The van der Waals surface area contributed by atoms with E-state index in [1.54, 1.807) is 18.1 Å². The van der Waals surface area contributed by atoms with E-state index >= 15 is 0 Å². The number of rotatable bonds is 3. The molecule has 1 amide bonds. The highest BCUT2D eigenvalue weighted by atomic mass is 32.2. The van der Waals surface area contributed by atoms with Crippen LogP contribution in [0.25, 0.3) is 0 Å². The van der Waals surface area contributed by atoms with E-state index in [9.17, 15) is 13.2 Å². The first-order chi connectivity index (χ1) is 9.11. The van der Waals surface area contributed by atoms with Crippen molar-refractivity contribution in [3.63, 3.8) is 0 Å². The van der Waals surface area contributed by atoms with Gasteiger partial charge in [-0.15, -0.1) is 0 Å². The molecule has 0 bridgehead atoms. The summed E-state index contributed by atoms with van der Waals surface area (Å²) < 4.78 is 26.2. The number of imidazole rings is 1. The molecular formula is C13H21N3O3S. The summed E-state index contributed by atoms with van der Waals surface area (Å²) in [5, 5.41) is -0.460. The largest absolute Gasteiger partial charge is 0.340 e. The second kappa shape index (κ2) is 4.87. The maximum absolute atomic E-state index is 12.3. The predicted octanol–water partition coefficient (Wildman–Crippen LogP) is 0.841. The van der Waals surface area contributed by atoms with Crippen molar-refractivity contribution in [2.45, 2.75) is 37.6 Å². The Hall–Kier alpha value is -1.37. The average molecular weight is 299 g/mol. The minimum atomic E-state index is -3.44. The molecule has 112 valence electrons. The lowest BCUT2D eigenvalue weighted by Crippen LogP contribution is -2.57. The summed E-state index contributed by atoms with van der Waals surface area (Å²) in [6, 6.07) is 0. The normalized spacial score (nSPS) is 17.1. The second-order valence-electron chi connectivity index (χ2n) is 6.52. The van der Waals surface area contributed by atoms with E-state index < -0.39 is 15.1 Å². The maximum Gasteiger partial charge on any atom is 0.227 e. The number of carbonyl (C=O) groups excluding carboxylic acids is 1. The lowest BCUT2D eigenvalue weighted by molar-refractivity contribution is -0.136. The number of likely N-dealkylation sites (tertiary alicyclic amines) is 1. The molecule has 0 radical (unpaired) electrons. The fourth-order valence-electron chi connectivity index (χ4n) is 2.18. The molecule has 0 spiro atoms. The van der Waals surface area contributed by atoms with E-state index in [-0.39, 0.29) is 29.6 Å². The van der Waals surface area contributed by atoms with Gasteiger partial charge in [0.2, 0.25) is 20.9 Å². The van der Waals surface area contributed by atoms with Crippen LogP contribution in [0.5, 0.6) is 0 Å². The number of sulfone groups is 1. The highest BCUT2D eigenvalue weighted by Gasteiger charge is 2.42. The standard InChI is InChI=1S/C13H21N3O3S/c1-13(2,3)7-11(17)16-8-10(9-16)20(18,19)12-14-5-6-15(12)4/h5-6,10H,7-9H2,1-4H3. The predicted molar refractivity (Wildman–Crippen MR) is 74.8 cm³/mol. The Balaban J connectivity index is 2.00. The van der Waals surface area contributed by atoms with Gasteiger partial charge in [-0.25, -0.2) is 13.4 Å². The molecule has 7 heteroatoms. The van der Waals surface area contributed by atoms with Gasteiger partial charge in [-0.05, 0) is 5.41 Å². The van der Waals surface area contributed by atoms with Crippen molar-refractivity contribution in [2.24, 2.45) is 12.5 Å². The molecule has 1 fully saturated rings. The van der Waals surface area contributed by atoms with Crippen molar-refractivity contribution in [2.75, 3.05) is 13.1 Å². The number of hydrogen-bond acceptors (Lipinski definition) is 4. The average Bonchev–Trinajstić information content (AvgIpc) is 2.58. The minimum absolute atomic E-state index is 0.0174. The van der Waals surface area contributed by atoms with Gasteiger partial charge in [0.25, 0.3) is 0 Å². The van der Waals surface area contributed by atoms with Crippen molar-refractivity contribution in [3.05, 3.63) is 12.4 Å². The first-order valence-corrected chi connectivity index (χ1v) is 8.15. The molecule has 1 aromatic heterocycles. The van der Waals surface area contributed by atoms with Crippen LogP contribution in [0.3, 0.4) is 0 Å². The van der Waals surface area contributed by atoms with Crippen molar-refractivity contribution in [3.8, 4) is 0 Å². The molecule has 0 aromatic carbocycles. The van der Waals surface area contributed by atoms with E-state index in [1.165, 1.54) is 10.8 Å². The van der Waals surface area contributed by atoms with E-state index in [1.807, 2.05) is 20.8 Å². The zero-order valence-corrected chi connectivity index (χ0v) is 13.1. The summed E-state index contributed by atoms with van der Waals surface area (Å²) >= 11 is 0. The smallest absolute Gasteiger partial charge is 0.227 e. The molecule has 1 aromatic rings. The van der Waals surface area contributed by atoms with Gasteiger partial charge in [-0.3, -0.25) is 4.79 Å². The molecule has 0 atom stereocenters. The van der Waals surface area contributed by atoms with Crippen LogP contribution in [0.1, 0.15) is 27.2 Å². The summed E-state index contributed by atoms with van der Waals surface area (Å²) in [6.45, 7) is 6.51. The number of aryl methyl sites for hydroxylation is 1. The summed E-state index contributed by atoms with van der Waals surface area (Å²) in [7, 11) is -1.79. The SMILES string of the molecule is Cn1ccnc1S(=O)(=O)C1CN(C(=O)CC(C)(C)C)C1. The third kappa shape index (κ3) is 2.87. The Bertz CT molecular complexity index is 607. The van der Waals surface area contributed by atoms with Crippen LogP contribution in [0.2, 0.25) is 0 Å². The van der Waals surface area contributed by atoms with Crippen LogP contribution < -0.4 is 0 Å². The van der Waals surface area contributed by atoms with Crippen molar-refractivity contribution in [1.29, 1.82) is 0 Å². The Morgan fingerprint density at radius 3 is 2.45 bits per heavy atom. The van der Waals surface area contributed by atoms with Crippen LogP contribution >= 0.6 is 0 Å². The van der Waals surface area contributed by atoms with Crippen LogP contribution in [-0.2, 0) is 21.7 Å². The zero-order chi connectivity index (χ0) is 15.1. The first kappa shape index (κ1) is 15.0. The number of hydrogen-bond donors (Lipinski definition) is 0. The third-order valence-corrected chi connectivity index (χ3v) is 5.43. The Morgan fingerprint density at radius 1 is 1.40 bits per heavy atom. The van der Waals surface area contributed by atoms with E-state index in [0.29, 0.717) is 6.42 Å². The van der Waals surface area contributed by atoms with Crippen molar-refractivity contribution < 1.29 is 13.2 Å². The fraction of sp³-hybridized carbons (Fsp3) is 0.692. The topological polar surface area (TPSA) is 72.3 Å². The van der Waals surface area contributed by atoms with Gasteiger partial charge in [-0.1, -0.05) is 20.8 Å². The summed E-state index contributed by atoms with van der Waals surface area (Å²) in [4.78, 5) is 17.5. The van der Waals surface area contributed by atoms with E-state index in [2.05, 4.69) is 4.98 Å². The molecule has 6 nitrogen and oxygen atoms in total. The molecule has 2 rings (SSSR count). The van der Waals surface area contributed by atoms with E-state index in [0.717, 1.165) is 0 Å². The van der Waals surface area contributed by atoms with Gasteiger partial charge >= 0.3 is 0 Å². The molecule has 0 N–H and O–H groups in total. The lowest BCUT2D eigenvalue weighted by atomic mass is 9.91. The van der Waals surface area contributed by atoms with Gasteiger partial charge in [0, 0.05) is 39.0 Å². The van der Waals surface area contributed by atoms with Gasteiger partial charge in [-0.2, -0.15) is 0 Å². The summed E-state index contributed by atoms with van der Waals surface area (Å²) in [5.74, 6) is 0.0174. The third-order valence-electron chi connectivity index (χ3n) is 3.35. The first-order valence-electron chi connectivity index (χ1n) is 6.60. The van der Waals surface area contributed by atoms with Gasteiger partial charge in [0.15, 0.2) is 0 Å². The van der Waals surface area contributed by atoms with Gasteiger partial charge in [0.05, 0.1) is 0 Å². The number of aromatic nitrogens is 2. The zero-order valence-electron chi connectivity index (χ0n) is 12.3. The molecule has 1 aliphatic heterocycles. The molecule has 0 saturated carbocycles. The number of amides is 1. The highest BCUT2D eigenvalue weighted by Crippen LogP contribution is 2.26. The lowest BCUT2D eigenvalue weighted by Gasteiger charge is -2.39. The van der Waals surface area contributed by atoms with Crippen molar-refractivity contribution >= 4 is 15.7 Å². The van der Waals surface area contributed by atoms with E-state index in [4.69, 9.17) is 0 Å². The van der Waals surface area contributed by atoms with Crippen LogP contribution in [0, 0.1) is 5.41 Å². The minimum Gasteiger partial charge on any atom is -0.340 e. The Kier molecular flexibility index (Phi) is 3.66. The van der Waals surface area contributed by atoms with Crippen LogP contribution in [-0.4, -0.2) is 47.1 Å². The molecule has 20 heavy (non-hydrogen) atoms. The van der Waals surface area contributed by atoms with Crippen LogP contribution in [0.4, 0.5) is 0 Å². The highest BCUT2D eigenvalue weighted by molar-refractivity contribution is 7.92. The molecule has 0 unspecified atom stereocenters. The monoisotopic (exact) mass is 299 g/mol. The second-order valence-corrected chi connectivity index (χ2v) is 8.65. The summed E-state index contributed by atoms with van der Waals surface area (Å²) in [6.07, 6.45) is 3.50. The molecule has 2 heterocycles. The Labute approximate surface area is 119 Å². The van der Waals surface area contributed by atoms with Gasteiger partial charge in [0.1, 0.15) is 5.25 Å². The Morgan fingerprint density at radius 2 is 2.00 bits per heavy atom. The maximum atomic E-state index is 12.3. The number of carbonyl (C=O) groups is 1.